The molecule has 10 nitrogen and oxygen atoms in total. The smallest absolute Gasteiger partial charge is 0.314 e. The molecule has 10 atom stereocenters. The monoisotopic (exact) mass is 788 g/mol. The van der Waals surface area contributed by atoms with Gasteiger partial charge in [-0.1, -0.05) is 152 Å². The minimum Gasteiger partial charge on any atom is -0.368 e. The summed E-state index contributed by atoms with van der Waals surface area (Å²) in [6.45, 7) is 3.55. The number of hydrogen-bond donors (Lipinski definition) is 0. The molecule has 0 radical (unpaired) electrons. The van der Waals surface area contributed by atoms with Crippen LogP contribution in [0.1, 0.15) is 34.7 Å². The average molecular weight is 789 g/mol. The number of hydrogen-bond acceptors (Lipinski definition) is 10. The summed E-state index contributed by atoms with van der Waals surface area (Å²) in [5, 5.41) is 0. The second-order valence-electron chi connectivity index (χ2n) is 14.9. The lowest BCUT2D eigenvalue weighted by molar-refractivity contribution is -0.515. The topological polar surface area (TPSA) is 92.3 Å². The summed E-state index contributed by atoms with van der Waals surface area (Å²) >= 11 is 0. The van der Waals surface area contributed by atoms with Crippen molar-refractivity contribution >= 4 is 0 Å². The third-order valence-corrected chi connectivity index (χ3v) is 10.8. The van der Waals surface area contributed by atoms with Gasteiger partial charge < -0.3 is 47.4 Å². The van der Waals surface area contributed by atoms with Gasteiger partial charge in [-0.05, 0) is 34.7 Å². The molecule has 0 amide bonds. The molecule has 0 unspecified atom stereocenters. The van der Waals surface area contributed by atoms with Crippen molar-refractivity contribution in [1.29, 1.82) is 0 Å². The van der Waals surface area contributed by atoms with Crippen LogP contribution in [0, 0.1) is 0 Å². The van der Waals surface area contributed by atoms with Gasteiger partial charge in [0.1, 0.15) is 36.6 Å². The van der Waals surface area contributed by atoms with Crippen molar-refractivity contribution in [1.82, 2.24) is 0 Å². The summed E-state index contributed by atoms with van der Waals surface area (Å²) in [6.07, 6.45) is -6.16. The van der Waals surface area contributed by atoms with E-state index in [0.717, 1.165) is 27.8 Å². The van der Waals surface area contributed by atoms with Gasteiger partial charge in [-0.3, -0.25) is 0 Å². The number of methoxy groups -OCH3 is 1. The predicted molar refractivity (Wildman–Crippen MR) is 215 cm³/mol. The van der Waals surface area contributed by atoms with Gasteiger partial charge in [0.05, 0.1) is 45.7 Å². The van der Waals surface area contributed by atoms with E-state index >= 15 is 0 Å². The summed E-state index contributed by atoms with van der Waals surface area (Å²) in [5.74, 6) is -1.75. The van der Waals surface area contributed by atoms with E-state index in [1.807, 2.05) is 159 Å². The van der Waals surface area contributed by atoms with Crippen molar-refractivity contribution in [3.63, 3.8) is 0 Å². The average Bonchev–Trinajstić information content (AvgIpc) is 3.28. The van der Waals surface area contributed by atoms with Crippen LogP contribution >= 0.6 is 0 Å². The normalized spacial score (nSPS) is 29.5. The number of ether oxygens (including phenoxy) is 10. The summed E-state index contributed by atoms with van der Waals surface area (Å²) in [6, 6.07) is 50.1. The Hall–Kier alpha value is -4.30. The summed E-state index contributed by atoms with van der Waals surface area (Å²) < 4.78 is 67.2. The van der Waals surface area contributed by atoms with E-state index in [1.165, 1.54) is 0 Å². The van der Waals surface area contributed by atoms with E-state index in [9.17, 15) is 0 Å². The molecule has 8 rings (SSSR count). The number of benzene rings is 5. The van der Waals surface area contributed by atoms with Crippen LogP contribution in [0.2, 0.25) is 0 Å². The van der Waals surface area contributed by atoms with Gasteiger partial charge in [0, 0.05) is 7.11 Å². The molecule has 0 aromatic heterocycles. The minimum atomic E-state index is -1.75. The fourth-order valence-corrected chi connectivity index (χ4v) is 7.81. The molecule has 0 bridgehead atoms. The van der Waals surface area contributed by atoms with Crippen molar-refractivity contribution in [2.75, 3.05) is 13.7 Å². The van der Waals surface area contributed by atoms with Crippen molar-refractivity contribution in [2.24, 2.45) is 0 Å². The third-order valence-electron chi connectivity index (χ3n) is 10.8. The molecule has 5 aromatic rings. The largest absolute Gasteiger partial charge is 0.368 e. The van der Waals surface area contributed by atoms with Crippen molar-refractivity contribution < 1.29 is 47.4 Å². The van der Waals surface area contributed by atoms with E-state index in [2.05, 4.69) is 0 Å². The molecular weight excluding hydrogens is 737 g/mol. The molecule has 304 valence electrons. The molecule has 3 aliphatic rings. The zero-order valence-corrected chi connectivity index (χ0v) is 33.0. The van der Waals surface area contributed by atoms with Crippen LogP contribution in [-0.2, 0) is 80.4 Å². The van der Waals surface area contributed by atoms with E-state index in [0.29, 0.717) is 26.4 Å². The highest BCUT2D eigenvalue weighted by molar-refractivity contribution is 5.18. The van der Waals surface area contributed by atoms with E-state index in [-0.39, 0.29) is 13.2 Å². The second-order valence-corrected chi connectivity index (χ2v) is 14.9. The Morgan fingerprint density at radius 1 is 0.483 bits per heavy atom. The first-order valence-electron chi connectivity index (χ1n) is 20.0. The SMILES string of the molecule is CO[C@H]1O[C@@H]2CO[C@]3(O[C@@H]2[C@H](OCc2ccccc2)[C@H]1OCc1ccccc1)O[C@@H](C)[C@H](OCc1ccccc1)[C@@H](OCc1ccccc1)[C@H]3OCc1ccccc1. The molecular formula is C48H52O10. The molecule has 0 N–H and O–H groups in total. The van der Waals surface area contributed by atoms with Gasteiger partial charge in [0.15, 0.2) is 12.4 Å². The van der Waals surface area contributed by atoms with Gasteiger partial charge in [0.25, 0.3) is 0 Å². The zero-order chi connectivity index (χ0) is 39.6. The fourth-order valence-electron chi connectivity index (χ4n) is 7.81. The molecule has 10 heteroatoms. The molecule has 1 spiro atoms. The van der Waals surface area contributed by atoms with Crippen LogP contribution in [-0.4, -0.2) is 74.8 Å². The summed E-state index contributed by atoms with van der Waals surface area (Å²) in [7, 11) is 1.60. The molecule has 0 aliphatic carbocycles. The summed E-state index contributed by atoms with van der Waals surface area (Å²) in [5.41, 5.74) is 5.00. The molecule has 5 aromatic carbocycles. The quantitative estimate of drug-likeness (QED) is 0.0988. The Morgan fingerprint density at radius 3 is 1.33 bits per heavy atom. The molecule has 3 heterocycles. The lowest BCUT2D eigenvalue weighted by Gasteiger charge is -2.57. The minimum absolute atomic E-state index is 0.0972. The number of rotatable bonds is 16. The van der Waals surface area contributed by atoms with Crippen molar-refractivity contribution in [3.8, 4) is 0 Å². The maximum absolute atomic E-state index is 7.17. The van der Waals surface area contributed by atoms with Crippen molar-refractivity contribution in [3.05, 3.63) is 179 Å². The van der Waals surface area contributed by atoms with Gasteiger partial charge in [-0.15, -0.1) is 0 Å². The Bertz CT molecular complexity index is 1940. The maximum Gasteiger partial charge on any atom is 0.314 e. The predicted octanol–water partition coefficient (Wildman–Crippen LogP) is 7.77. The standard InChI is InChI=1S/C48H52O10/c1-34-41(50-28-35-18-8-3-9-19-35)44(52-30-37-22-12-5-13-23-37)46(54-32-39-26-16-7-17-27-39)48(57-34)55-33-40-42(58-48)43(51-29-36-20-10-4-11-21-36)45(47(49-2)56-40)53-31-38-24-14-6-15-25-38/h3-27,34,40-47H,28-33H2,1-2H3/t34-,40+,41-,42-,43-,44+,45+,46+,47-,48-/m0/s1. The highest BCUT2D eigenvalue weighted by Gasteiger charge is 2.64. The maximum atomic E-state index is 7.17. The molecule has 58 heavy (non-hydrogen) atoms. The van der Waals surface area contributed by atoms with Gasteiger partial charge in [-0.25, -0.2) is 0 Å². The van der Waals surface area contributed by atoms with Gasteiger partial charge >= 0.3 is 5.97 Å². The Kier molecular flexibility index (Phi) is 13.7. The highest BCUT2D eigenvalue weighted by Crippen LogP contribution is 2.44. The molecule has 3 saturated heterocycles. The van der Waals surface area contributed by atoms with Crippen LogP contribution in [0.4, 0.5) is 0 Å². The van der Waals surface area contributed by atoms with E-state index in [4.69, 9.17) is 47.4 Å². The van der Waals surface area contributed by atoms with Crippen LogP contribution in [0.15, 0.2) is 152 Å². The van der Waals surface area contributed by atoms with Crippen LogP contribution in [0.3, 0.4) is 0 Å². The Balaban J connectivity index is 1.14. The molecule has 0 saturated carbocycles. The first-order valence-corrected chi connectivity index (χ1v) is 20.0. The second kappa shape index (κ2) is 19.6. The fraction of sp³-hybridized carbons (Fsp3) is 0.375. The lowest BCUT2D eigenvalue weighted by Crippen LogP contribution is -2.74. The van der Waals surface area contributed by atoms with Crippen molar-refractivity contribution in [2.45, 2.75) is 101 Å². The van der Waals surface area contributed by atoms with Gasteiger partial charge in [-0.2, -0.15) is 0 Å². The zero-order valence-electron chi connectivity index (χ0n) is 33.0. The van der Waals surface area contributed by atoms with E-state index < -0.39 is 61.1 Å². The highest BCUT2D eigenvalue weighted by atomic mass is 16.9. The van der Waals surface area contributed by atoms with Gasteiger partial charge in [0.2, 0.25) is 0 Å². The molecule has 3 aliphatic heterocycles. The molecule has 3 fully saturated rings. The Labute approximate surface area is 340 Å². The summed E-state index contributed by atoms with van der Waals surface area (Å²) in [4.78, 5) is 0. The number of fused-ring (bicyclic) bond motifs is 1. The first-order chi connectivity index (χ1) is 28.6. The van der Waals surface area contributed by atoms with Crippen LogP contribution in [0.25, 0.3) is 0 Å². The van der Waals surface area contributed by atoms with Crippen LogP contribution in [0.5, 0.6) is 0 Å². The third kappa shape index (κ3) is 9.76. The Morgan fingerprint density at radius 2 is 0.879 bits per heavy atom. The first kappa shape index (κ1) is 40.5. The lowest BCUT2D eigenvalue weighted by atomic mass is 9.93. The van der Waals surface area contributed by atoms with E-state index in [1.54, 1.807) is 7.11 Å². The van der Waals surface area contributed by atoms with Crippen LogP contribution < -0.4 is 0 Å².